The van der Waals surface area contributed by atoms with Crippen molar-refractivity contribution in [2.75, 3.05) is 6.61 Å². The first-order valence-electron chi connectivity index (χ1n) is 16.0. The van der Waals surface area contributed by atoms with Crippen molar-refractivity contribution in [1.82, 2.24) is 4.31 Å². The lowest BCUT2D eigenvalue weighted by Gasteiger charge is -2.24. The van der Waals surface area contributed by atoms with Crippen LogP contribution in [0.15, 0.2) is 24.3 Å². The smallest absolute Gasteiger partial charge is 0.239 e. The number of hydrogen-bond acceptors (Lipinski definition) is 5. The van der Waals surface area contributed by atoms with Crippen molar-refractivity contribution in [3.8, 4) is 11.5 Å². The van der Waals surface area contributed by atoms with E-state index >= 15 is 0 Å². The van der Waals surface area contributed by atoms with Gasteiger partial charge in [-0.3, -0.25) is 9.59 Å². The summed E-state index contributed by atoms with van der Waals surface area (Å²) in [6.45, 7) is 6.83. The summed E-state index contributed by atoms with van der Waals surface area (Å²) in [5, 5.41) is 9.65. The van der Waals surface area contributed by atoms with E-state index in [1.165, 1.54) is 99.7 Å². The first-order chi connectivity index (χ1) is 19.0. The van der Waals surface area contributed by atoms with Crippen LogP contribution in [0.5, 0.6) is 11.5 Å². The van der Waals surface area contributed by atoms with E-state index in [1.807, 2.05) is 6.92 Å². The third-order valence-electron chi connectivity index (χ3n) is 7.24. The van der Waals surface area contributed by atoms with E-state index < -0.39 is 0 Å². The zero-order valence-electron chi connectivity index (χ0n) is 25.3. The second-order valence-corrected chi connectivity index (χ2v) is 12.0. The summed E-state index contributed by atoms with van der Waals surface area (Å²) < 4.78 is 7.13. The van der Waals surface area contributed by atoms with Gasteiger partial charge in [0.1, 0.15) is 11.5 Å². The lowest BCUT2D eigenvalue weighted by atomic mass is 10.0. The van der Waals surface area contributed by atoms with Crippen molar-refractivity contribution in [2.45, 2.75) is 154 Å². The largest absolute Gasteiger partial charge is 0.508 e. The quantitative estimate of drug-likeness (QED) is 0.0947. The van der Waals surface area contributed by atoms with E-state index in [2.05, 4.69) is 13.8 Å². The average molecular weight is 564 g/mol. The highest BCUT2D eigenvalue weighted by atomic mass is 32.2. The molecule has 5 nitrogen and oxygen atoms in total. The summed E-state index contributed by atoms with van der Waals surface area (Å²) >= 11 is 1.47. The number of ether oxygens (including phenoxy) is 1. The molecule has 1 aromatic carbocycles. The molecule has 224 valence electrons. The minimum atomic E-state index is -0.0792. The van der Waals surface area contributed by atoms with E-state index in [0.29, 0.717) is 24.7 Å². The molecule has 0 saturated carbocycles. The molecule has 0 spiro atoms. The molecule has 0 fully saturated rings. The number of hydrogen-bond donors (Lipinski definition) is 1. The third kappa shape index (κ3) is 18.3. The molecule has 1 rings (SSSR count). The Labute approximate surface area is 244 Å². The highest BCUT2D eigenvalue weighted by Gasteiger charge is 2.24. The average Bonchev–Trinajstić information content (AvgIpc) is 2.95. The Hall–Kier alpha value is -1.69. The van der Waals surface area contributed by atoms with E-state index in [-0.39, 0.29) is 17.6 Å². The van der Waals surface area contributed by atoms with Gasteiger partial charge in [-0.05, 0) is 68.3 Å². The zero-order valence-corrected chi connectivity index (χ0v) is 26.1. The zero-order chi connectivity index (χ0) is 28.6. The SMILES string of the molecule is CCCCCCCCCCCCCCCC(CC)SN(C(=O)CC)C(=O)CCCCCOc1ccc(O)cc1. The number of phenols is 1. The number of imide groups is 1. The predicted molar refractivity (Wildman–Crippen MR) is 166 cm³/mol. The topological polar surface area (TPSA) is 66.8 Å². The number of carbonyl (C=O) groups excluding carboxylic acids is 2. The van der Waals surface area contributed by atoms with Crippen molar-refractivity contribution in [2.24, 2.45) is 0 Å². The van der Waals surface area contributed by atoms with Crippen LogP contribution in [0.2, 0.25) is 0 Å². The van der Waals surface area contributed by atoms with E-state index in [1.54, 1.807) is 24.3 Å². The fourth-order valence-corrected chi connectivity index (χ4v) is 5.83. The van der Waals surface area contributed by atoms with Crippen molar-refractivity contribution < 1.29 is 19.4 Å². The monoisotopic (exact) mass is 563 g/mol. The van der Waals surface area contributed by atoms with Gasteiger partial charge in [0, 0.05) is 18.1 Å². The van der Waals surface area contributed by atoms with Crippen LogP contribution in [-0.4, -0.2) is 33.1 Å². The standard InChI is InChI=1S/C33H57NO4S/c1-4-7-8-9-10-11-12-13-14-15-16-17-19-22-31(5-2)39-34(32(36)6-3)33(37)23-20-18-21-28-38-30-26-24-29(35)25-27-30/h24-27,31,35H,4-23,28H2,1-3H3. The number of unbranched alkanes of at least 4 members (excludes halogenated alkanes) is 14. The van der Waals surface area contributed by atoms with Gasteiger partial charge in [-0.25, -0.2) is 4.31 Å². The number of phenolic OH excluding ortho intramolecular Hbond substituents is 1. The fraction of sp³-hybridized carbons (Fsp3) is 0.758. The number of carbonyl (C=O) groups is 2. The maximum absolute atomic E-state index is 12.9. The Morgan fingerprint density at radius 2 is 1.28 bits per heavy atom. The molecule has 0 radical (unpaired) electrons. The molecule has 0 aromatic heterocycles. The van der Waals surface area contributed by atoms with Gasteiger partial charge >= 0.3 is 0 Å². The minimum absolute atomic E-state index is 0.0601. The molecule has 0 bridgehead atoms. The summed E-state index contributed by atoms with van der Waals surface area (Å²) in [6.07, 6.45) is 22.8. The van der Waals surface area contributed by atoms with Gasteiger partial charge in [0.05, 0.1) is 6.61 Å². The Kier molecular flexibility index (Phi) is 21.9. The van der Waals surface area contributed by atoms with Gasteiger partial charge in [-0.1, -0.05) is 104 Å². The molecular formula is C33H57NO4S. The molecule has 1 aromatic rings. The second kappa shape index (κ2) is 24.1. The first kappa shape index (κ1) is 35.3. The number of benzene rings is 1. The Balaban J connectivity index is 2.18. The van der Waals surface area contributed by atoms with E-state index in [0.717, 1.165) is 37.9 Å². The Morgan fingerprint density at radius 3 is 1.82 bits per heavy atom. The summed E-state index contributed by atoms with van der Waals surface area (Å²) in [4.78, 5) is 25.5. The van der Waals surface area contributed by atoms with Gasteiger partial charge in [0.25, 0.3) is 0 Å². The van der Waals surface area contributed by atoms with Gasteiger partial charge in [-0.15, -0.1) is 0 Å². The van der Waals surface area contributed by atoms with Crippen LogP contribution in [-0.2, 0) is 9.59 Å². The van der Waals surface area contributed by atoms with E-state index in [4.69, 9.17) is 4.74 Å². The summed E-state index contributed by atoms with van der Waals surface area (Å²) in [5.41, 5.74) is 0. The van der Waals surface area contributed by atoms with Crippen LogP contribution in [0.25, 0.3) is 0 Å². The van der Waals surface area contributed by atoms with Crippen LogP contribution in [0.4, 0.5) is 0 Å². The van der Waals surface area contributed by atoms with Crippen molar-refractivity contribution in [1.29, 1.82) is 0 Å². The lowest BCUT2D eigenvalue weighted by molar-refractivity contribution is -0.137. The Morgan fingerprint density at radius 1 is 0.744 bits per heavy atom. The highest BCUT2D eigenvalue weighted by Crippen LogP contribution is 2.27. The number of amides is 2. The molecule has 39 heavy (non-hydrogen) atoms. The van der Waals surface area contributed by atoms with Crippen LogP contribution in [0.1, 0.15) is 149 Å². The maximum Gasteiger partial charge on any atom is 0.239 e. The van der Waals surface area contributed by atoms with Gasteiger partial charge in [0.15, 0.2) is 0 Å². The van der Waals surface area contributed by atoms with Crippen LogP contribution < -0.4 is 4.74 Å². The molecule has 1 unspecified atom stereocenters. The normalized spacial score (nSPS) is 11.9. The summed E-state index contributed by atoms with van der Waals surface area (Å²) in [5.74, 6) is 0.813. The van der Waals surface area contributed by atoms with Gasteiger partial charge < -0.3 is 9.84 Å². The number of nitrogens with zero attached hydrogens (tertiary/aromatic N) is 1. The summed E-state index contributed by atoms with van der Waals surface area (Å²) in [7, 11) is 0. The number of rotatable bonds is 25. The Bertz CT molecular complexity index is 740. The molecular weight excluding hydrogens is 506 g/mol. The number of aromatic hydroxyl groups is 1. The lowest BCUT2D eigenvalue weighted by Crippen LogP contribution is -2.32. The molecule has 2 amide bonds. The molecule has 0 saturated heterocycles. The molecule has 1 atom stereocenters. The van der Waals surface area contributed by atoms with Crippen molar-refractivity contribution >= 4 is 23.8 Å². The van der Waals surface area contributed by atoms with Crippen LogP contribution in [0, 0.1) is 0 Å². The van der Waals surface area contributed by atoms with Crippen molar-refractivity contribution in [3.63, 3.8) is 0 Å². The predicted octanol–water partition coefficient (Wildman–Crippen LogP) is 10.0. The highest BCUT2D eigenvalue weighted by molar-refractivity contribution is 7.98. The van der Waals surface area contributed by atoms with Crippen LogP contribution >= 0.6 is 11.9 Å². The molecule has 0 aliphatic rings. The molecule has 1 N–H and O–H groups in total. The van der Waals surface area contributed by atoms with Gasteiger partial charge in [0.2, 0.25) is 11.8 Å². The van der Waals surface area contributed by atoms with Gasteiger partial charge in [-0.2, -0.15) is 0 Å². The van der Waals surface area contributed by atoms with E-state index in [9.17, 15) is 14.7 Å². The molecule has 0 aliphatic heterocycles. The minimum Gasteiger partial charge on any atom is -0.508 e. The summed E-state index contributed by atoms with van der Waals surface area (Å²) in [6, 6.07) is 6.69. The van der Waals surface area contributed by atoms with Crippen molar-refractivity contribution in [3.05, 3.63) is 24.3 Å². The molecule has 0 aliphatic carbocycles. The third-order valence-corrected chi connectivity index (χ3v) is 8.72. The first-order valence-corrected chi connectivity index (χ1v) is 16.8. The second-order valence-electron chi connectivity index (χ2n) is 10.8. The fourth-order valence-electron chi connectivity index (χ4n) is 4.66. The molecule has 0 heterocycles. The van der Waals surface area contributed by atoms with Crippen LogP contribution in [0.3, 0.4) is 0 Å². The molecule has 6 heteroatoms. The maximum atomic E-state index is 12.9.